The first-order chi connectivity index (χ1) is 19.0. The van der Waals surface area contributed by atoms with Crippen molar-refractivity contribution in [2.24, 2.45) is 5.92 Å². The van der Waals surface area contributed by atoms with Crippen LogP contribution >= 0.6 is 11.6 Å². The van der Waals surface area contributed by atoms with Gasteiger partial charge in [-0.15, -0.1) is 0 Å². The molecule has 1 aliphatic rings. The van der Waals surface area contributed by atoms with Crippen LogP contribution < -0.4 is 10.1 Å². The van der Waals surface area contributed by atoms with Gasteiger partial charge in [0, 0.05) is 36.2 Å². The van der Waals surface area contributed by atoms with Crippen molar-refractivity contribution < 1.29 is 9.53 Å². The highest BCUT2D eigenvalue weighted by atomic mass is 35.5. The Morgan fingerprint density at radius 3 is 2.74 bits per heavy atom. The molecule has 1 atom stereocenters. The molecular weight excluding hydrogens is 506 g/mol. The lowest BCUT2D eigenvalue weighted by atomic mass is 9.91. The minimum atomic E-state index is -0.0630. The summed E-state index contributed by atoms with van der Waals surface area (Å²) in [6.07, 6.45) is 6.51. The predicted molar refractivity (Wildman–Crippen MR) is 160 cm³/mol. The molecule has 1 saturated heterocycles. The van der Waals surface area contributed by atoms with E-state index in [2.05, 4.69) is 46.0 Å². The van der Waals surface area contributed by atoms with Crippen LogP contribution in [0.3, 0.4) is 0 Å². The van der Waals surface area contributed by atoms with Gasteiger partial charge in [-0.05, 0) is 74.9 Å². The number of likely N-dealkylation sites (tertiary alicyclic amines) is 1. The van der Waals surface area contributed by atoms with Crippen molar-refractivity contribution in [3.63, 3.8) is 0 Å². The Morgan fingerprint density at radius 1 is 1.08 bits per heavy atom. The quantitative estimate of drug-likeness (QED) is 0.237. The number of carbonyl (C=O) groups excluding carboxylic acids is 1. The van der Waals surface area contributed by atoms with E-state index in [1.54, 1.807) is 7.11 Å². The highest BCUT2D eigenvalue weighted by Crippen LogP contribution is 2.31. The summed E-state index contributed by atoms with van der Waals surface area (Å²) < 4.78 is 7.90. The van der Waals surface area contributed by atoms with Crippen molar-refractivity contribution in [1.29, 1.82) is 0 Å². The van der Waals surface area contributed by atoms with Gasteiger partial charge in [-0.25, -0.2) is 0 Å². The maximum Gasteiger partial charge on any atom is 0.253 e. The van der Waals surface area contributed by atoms with E-state index in [-0.39, 0.29) is 5.91 Å². The summed E-state index contributed by atoms with van der Waals surface area (Å²) in [5.41, 5.74) is 5.21. The molecule has 1 aliphatic heterocycles. The molecule has 0 aliphatic carbocycles. The Balaban J connectivity index is 1.24. The Kier molecular flexibility index (Phi) is 8.90. The number of hydrogen-bond donors (Lipinski definition) is 1. The first-order valence-electron chi connectivity index (χ1n) is 14.0. The average Bonchev–Trinajstić information content (AvgIpc) is 3.32. The molecule has 0 spiro atoms. The van der Waals surface area contributed by atoms with Crippen LogP contribution in [0, 0.1) is 12.8 Å². The van der Waals surface area contributed by atoms with Crippen LogP contribution in [0.25, 0.3) is 10.9 Å². The Bertz CT molecular complexity index is 1430. The molecule has 39 heavy (non-hydrogen) atoms. The van der Waals surface area contributed by atoms with E-state index in [0.717, 1.165) is 66.3 Å². The first kappa shape index (κ1) is 27.3. The van der Waals surface area contributed by atoms with Gasteiger partial charge in [-0.1, -0.05) is 71.8 Å². The maximum atomic E-state index is 13.3. The number of nitrogens with zero attached hydrogens (tertiary/aromatic N) is 2. The number of nitrogens with one attached hydrogen (secondary N) is 1. The molecule has 204 valence electrons. The minimum Gasteiger partial charge on any atom is -0.495 e. The zero-order chi connectivity index (χ0) is 27.2. The van der Waals surface area contributed by atoms with Crippen LogP contribution in [0.2, 0.25) is 5.02 Å². The number of rotatable bonds is 10. The number of ether oxygens (including phenoxy) is 1. The molecule has 0 saturated carbocycles. The standard InChI is InChI=1S/C33H38ClN3O2/c1-24-9-5-10-25(19-24)21-35-33(38)29-23-37(32-28(29)13-6-15-31(32)39-2)18-8-17-36-16-7-11-26(22-36)20-27-12-3-4-14-30(27)34/h3-6,9-10,12-15,19,23,26H,7-8,11,16-18,20-22H2,1-2H3,(H,35,38). The monoisotopic (exact) mass is 543 g/mol. The predicted octanol–water partition coefficient (Wildman–Crippen LogP) is 6.89. The number of piperidine rings is 1. The second-order valence-corrected chi connectivity index (χ2v) is 11.1. The number of hydrogen-bond acceptors (Lipinski definition) is 3. The fourth-order valence-corrected chi connectivity index (χ4v) is 6.12. The van der Waals surface area contributed by atoms with Crippen molar-refractivity contribution in [3.05, 3.63) is 100 Å². The van der Waals surface area contributed by atoms with E-state index in [0.29, 0.717) is 18.0 Å². The second-order valence-electron chi connectivity index (χ2n) is 10.7. The van der Waals surface area contributed by atoms with Crippen molar-refractivity contribution in [2.45, 2.75) is 45.7 Å². The Morgan fingerprint density at radius 2 is 1.92 bits per heavy atom. The molecule has 5 rings (SSSR count). The normalized spacial score (nSPS) is 15.9. The fraction of sp³-hybridized carbons (Fsp3) is 0.364. The van der Waals surface area contributed by atoms with Gasteiger partial charge in [-0.3, -0.25) is 4.79 Å². The zero-order valence-electron chi connectivity index (χ0n) is 23.0. The van der Waals surface area contributed by atoms with Crippen molar-refractivity contribution in [1.82, 2.24) is 14.8 Å². The summed E-state index contributed by atoms with van der Waals surface area (Å²) >= 11 is 6.43. The Labute approximate surface area is 236 Å². The lowest BCUT2D eigenvalue weighted by molar-refractivity contribution is 0.0952. The van der Waals surface area contributed by atoms with Crippen LogP contribution in [-0.2, 0) is 19.5 Å². The van der Waals surface area contributed by atoms with Gasteiger partial charge < -0.3 is 19.5 Å². The number of benzene rings is 3. The van der Waals surface area contributed by atoms with Gasteiger partial charge in [0.05, 0.1) is 18.2 Å². The molecule has 1 fully saturated rings. The van der Waals surface area contributed by atoms with Gasteiger partial charge in [0.2, 0.25) is 0 Å². The smallest absolute Gasteiger partial charge is 0.253 e. The summed E-state index contributed by atoms with van der Waals surface area (Å²) in [6.45, 7) is 6.67. The Hall–Kier alpha value is -3.28. The van der Waals surface area contributed by atoms with Crippen LogP contribution in [0.4, 0.5) is 0 Å². The van der Waals surface area contributed by atoms with Crippen LogP contribution in [-0.4, -0.2) is 42.1 Å². The number of amides is 1. The molecule has 4 aromatic rings. The number of fused-ring (bicyclic) bond motifs is 1. The zero-order valence-corrected chi connectivity index (χ0v) is 23.7. The third kappa shape index (κ3) is 6.66. The van der Waals surface area contributed by atoms with E-state index in [1.165, 1.54) is 24.0 Å². The molecule has 1 amide bonds. The number of aromatic nitrogens is 1. The third-order valence-corrected chi connectivity index (χ3v) is 8.17. The molecule has 2 heterocycles. The molecule has 1 N–H and O–H groups in total. The van der Waals surface area contributed by atoms with Crippen molar-refractivity contribution >= 4 is 28.4 Å². The summed E-state index contributed by atoms with van der Waals surface area (Å²) in [5.74, 6) is 1.37. The molecule has 3 aromatic carbocycles. The SMILES string of the molecule is COc1cccc2c(C(=O)NCc3cccc(C)c3)cn(CCCN3CCCC(Cc4ccccc4Cl)C3)c12. The number of carbonyl (C=O) groups is 1. The largest absolute Gasteiger partial charge is 0.495 e. The second kappa shape index (κ2) is 12.7. The molecule has 0 bridgehead atoms. The minimum absolute atomic E-state index is 0.0630. The maximum absolute atomic E-state index is 13.3. The van der Waals surface area contributed by atoms with E-state index >= 15 is 0 Å². The van der Waals surface area contributed by atoms with Gasteiger partial charge in [0.25, 0.3) is 5.91 Å². The average molecular weight is 544 g/mol. The molecule has 6 heteroatoms. The highest BCUT2D eigenvalue weighted by Gasteiger charge is 2.22. The van der Waals surface area contributed by atoms with Crippen LogP contribution in [0.15, 0.2) is 72.9 Å². The van der Waals surface area contributed by atoms with Crippen molar-refractivity contribution in [3.8, 4) is 5.75 Å². The van der Waals surface area contributed by atoms with E-state index in [4.69, 9.17) is 16.3 Å². The number of methoxy groups -OCH3 is 1. The third-order valence-electron chi connectivity index (χ3n) is 7.80. The van der Waals surface area contributed by atoms with Gasteiger partial charge in [0.1, 0.15) is 5.75 Å². The summed E-state index contributed by atoms with van der Waals surface area (Å²) in [6, 6.07) is 22.4. The van der Waals surface area contributed by atoms with E-state index in [9.17, 15) is 4.79 Å². The number of aryl methyl sites for hydroxylation is 2. The number of para-hydroxylation sites is 1. The first-order valence-corrected chi connectivity index (χ1v) is 14.3. The van der Waals surface area contributed by atoms with Crippen molar-refractivity contribution in [2.75, 3.05) is 26.7 Å². The number of halogens is 1. The molecular formula is C33H38ClN3O2. The molecule has 1 aromatic heterocycles. The topological polar surface area (TPSA) is 46.5 Å². The molecule has 1 unspecified atom stereocenters. The molecule has 5 nitrogen and oxygen atoms in total. The lowest BCUT2D eigenvalue weighted by Gasteiger charge is -2.33. The summed E-state index contributed by atoms with van der Waals surface area (Å²) in [7, 11) is 1.69. The lowest BCUT2D eigenvalue weighted by Crippen LogP contribution is -2.37. The van der Waals surface area contributed by atoms with Crippen LogP contribution in [0.1, 0.15) is 46.3 Å². The van der Waals surface area contributed by atoms with E-state index in [1.807, 2.05) is 48.7 Å². The van der Waals surface area contributed by atoms with Crippen LogP contribution in [0.5, 0.6) is 5.75 Å². The van der Waals surface area contributed by atoms with Gasteiger partial charge in [-0.2, -0.15) is 0 Å². The molecule has 0 radical (unpaired) electrons. The highest BCUT2D eigenvalue weighted by molar-refractivity contribution is 6.31. The van der Waals surface area contributed by atoms with Gasteiger partial charge in [0.15, 0.2) is 0 Å². The summed E-state index contributed by atoms with van der Waals surface area (Å²) in [4.78, 5) is 15.9. The fourth-order valence-electron chi connectivity index (χ4n) is 5.91. The summed E-state index contributed by atoms with van der Waals surface area (Å²) in [5, 5.41) is 4.91. The van der Waals surface area contributed by atoms with E-state index < -0.39 is 0 Å². The van der Waals surface area contributed by atoms with Gasteiger partial charge >= 0.3 is 0 Å².